The van der Waals surface area contributed by atoms with Crippen LogP contribution in [-0.4, -0.2) is 94.3 Å². The van der Waals surface area contributed by atoms with E-state index in [1.807, 2.05) is 0 Å². The maximum atomic E-state index is 14.3. The SMILES string of the molecule is C=CC(=O)OCC(F)(F)C(F)(F)C(F)(F)C(F)(F)CO[Si](CC)(CC)OCC(F)(F)C(F)(F)C(F)(F)C(F)(F)COC(=O)C=C. The summed E-state index contributed by atoms with van der Waals surface area (Å²) in [6.07, 6.45) is 0.253. The fraction of sp³-hybridized carbons (Fsp3) is 0.727. The third-order valence-electron chi connectivity index (χ3n) is 5.86. The van der Waals surface area contributed by atoms with Crippen molar-refractivity contribution in [2.24, 2.45) is 0 Å². The Kier molecular flexibility index (Phi) is 13.3. The summed E-state index contributed by atoms with van der Waals surface area (Å²) in [7, 11) is -5.05. The summed E-state index contributed by atoms with van der Waals surface area (Å²) in [5, 5.41) is 0. The molecule has 0 aliphatic carbocycles. The number of alkyl halides is 16. The van der Waals surface area contributed by atoms with Crippen LogP contribution in [0, 0.1) is 0 Å². The largest absolute Gasteiger partial charge is 0.456 e. The molecule has 0 unspecified atom stereocenters. The van der Waals surface area contributed by atoms with Crippen molar-refractivity contribution in [3.63, 3.8) is 0 Å². The zero-order chi connectivity index (χ0) is 36.1. The standard InChI is InChI=1S/C22H24F16O6Si/c1-5-13(39)41-9-15(23,24)19(31,32)21(35,36)17(27,28)11-43-45(7-3,8-4)44-12-18(29,30)22(37,38)20(33,34)16(25,26)10-42-14(40)6-2/h5-6H,1-2,7-12H2,3-4H3. The van der Waals surface area contributed by atoms with Crippen LogP contribution in [-0.2, 0) is 27.9 Å². The van der Waals surface area contributed by atoms with Gasteiger partial charge in [-0.2, -0.15) is 70.2 Å². The summed E-state index contributed by atoms with van der Waals surface area (Å²) in [6.45, 7) is -4.84. The van der Waals surface area contributed by atoms with E-state index in [-0.39, 0.29) is 12.2 Å². The van der Waals surface area contributed by atoms with Crippen LogP contribution < -0.4 is 0 Å². The second-order valence-corrected chi connectivity index (χ2v) is 12.7. The topological polar surface area (TPSA) is 71.1 Å². The molecule has 0 fully saturated rings. The first-order valence-corrected chi connectivity index (χ1v) is 14.1. The minimum atomic E-state index is -7.06. The van der Waals surface area contributed by atoms with E-state index >= 15 is 0 Å². The van der Waals surface area contributed by atoms with Gasteiger partial charge in [-0.05, 0) is 12.1 Å². The molecule has 0 aromatic heterocycles. The molecule has 264 valence electrons. The number of esters is 2. The van der Waals surface area contributed by atoms with Crippen molar-refractivity contribution in [3.05, 3.63) is 25.3 Å². The van der Waals surface area contributed by atoms with Crippen LogP contribution in [0.2, 0.25) is 12.1 Å². The van der Waals surface area contributed by atoms with Gasteiger partial charge in [0.15, 0.2) is 13.2 Å². The van der Waals surface area contributed by atoms with Crippen LogP contribution in [0.5, 0.6) is 0 Å². The Balaban J connectivity index is 6.10. The summed E-state index contributed by atoms with van der Waals surface area (Å²) in [5.74, 6) is -56.9. The van der Waals surface area contributed by atoms with Gasteiger partial charge in [0.2, 0.25) is 0 Å². The molecule has 0 aromatic carbocycles. The van der Waals surface area contributed by atoms with Crippen LogP contribution in [0.4, 0.5) is 70.2 Å². The quantitative estimate of drug-likeness (QED) is 0.0583. The van der Waals surface area contributed by atoms with Crippen molar-refractivity contribution in [2.45, 2.75) is 73.3 Å². The summed E-state index contributed by atoms with van der Waals surface area (Å²) in [4.78, 5) is 21.6. The highest BCUT2D eigenvalue weighted by molar-refractivity contribution is 6.67. The van der Waals surface area contributed by atoms with Gasteiger partial charge in [-0.3, -0.25) is 0 Å². The normalized spacial score (nSPS) is 14.6. The van der Waals surface area contributed by atoms with Gasteiger partial charge in [0.25, 0.3) is 0 Å². The number of halogens is 16. The molecule has 6 nitrogen and oxygen atoms in total. The van der Waals surface area contributed by atoms with Gasteiger partial charge in [0, 0.05) is 12.2 Å². The number of hydrogen-bond donors (Lipinski definition) is 0. The number of rotatable bonds is 20. The molecular weight excluding hydrogens is 692 g/mol. The molecule has 0 N–H and O–H groups in total. The molecule has 0 bridgehead atoms. The predicted molar refractivity (Wildman–Crippen MR) is 121 cm³/mol. The molecule has 0 heterocycles. The molecular formula is C22H24F16O6Si. The lowest BCUT2D eigenvalue weighted by Crippen LogP contribution is -2.66. The first-order valence-electron chi connectivity index (χ1n) is 11.8. The molecule has 0 aromatic rings. The fourth-order valence-corrected chi connectivity index (χ4v) is 5.16. The van der Waals surface area contributed by atoms with Gasteiger partial charge in [-0.15, -0.1) is 0 Å². The number of carbonyl (C=O) groups is 2. The lowest BCUT2D eigenvalue weighted by Gasteiger charge is -2.39. The predicted octanol–water partition coefficient (Wildman–Crippen LogP) is 7.04. The lowest BCUT2D eigenvalue weighted by molar-refractivity contribution is -0.375. The molecule has 0 aliphatic heterocycles. The van der Waals surface area contributed by atoms with Gasteiger partial charge >= 0.3 is 67.9 Å². The summed E-state index contributed by atoms with van der Waals surface area (Å²) in [6, 6.07) is -1.94. The highest BCUT2D eigenvalue weighted by Crippen LogP contribution is 2.54. The second kappa shape index (κ2) is 14.1. The van der Waals surface area contributed by atoms with Crippen molar-refractivity contribution >= 4 is 20.5 Å². The van der Waals surface area contributed by atoms with Crippen LogP contribution in [0.3, 0.4) is 0 Å². The van der Waals surface area contributed by atoms with Gasteiger partial charge in [0.05, 0.1) is 0 Å². The van der Waals surface area contributed by atoms with E-state index < -0.39 is 106 Å². The van der Waals surface area contributed by atoms with E-state index in [4.69, 9.17) is 0 Å². The molecule has 23 heteroatoms. The molecule has 0 aliphatic rings. The molecule has 0 amide bonds. The fourth-order valence-electron chi connectivity index (χ4n) is 2.87. The smallest absolute Gasteiger partial charge is 0.381 e. The summed E-state index contributed by atoms with van der Waals surface area (Å²) < 4.78 is 240. The summed E-state index contributed by atoms with van der Waals surface area (Å²) >= 11 is 0. The van der Waals surface area contributed by atoms with E-state index in [9.17, 15) is 79.8 Å². The van der Waals surface area contributed by atoms with Gasteiger partial charge in [0.1, 0.15) is 13.2 Å². The lowest BCUT2D eigenvalue weighted by atomic mass is 9.99. The Bertz CT molecular complexity index is 984. The van der Waals surface area contributed by atoms with Crippen molar-refractivity contribution < 1.29 is 98.2 Å². The first kappa shape index (κ1) is 42.4. The Morgan fingerprint density at radius 1 is 0.511 bits per heavy atom. The van der Waals surface area contributed by atoms with Gasteiger partial charge in [-0.25, -0.2) is 9.59 Å². The third kappa shape index (κ3) is 8.43. The number of ether oxygens (including phenoxy) is 2. The molecule has 0 saturated carbocycles. The third-order valence-corrected chi connectivity index (χ3v) is 9.36. The van der Waals surface area contributed by atoms with Gasteiger partial charge < -0.3 is 18.3 Å². The van der Waals surface area contributed by atoms with Crippen molar-refractivity contribution in [3.8, 4) is 0 Å². The second-order valence-electron chi connectivity index (χ2n) is 8.93. The van der Waals surface area contributed by atoms with Crippen molar-refractivity contribution in [2.75, 3.05) is 26.4 Å². The van der Waals surface area contributed by atoms with E-state index in [0.29, 0.717) is 0 Å². The average Bonchev–Trinajstić information content (AvgIpc) is 2.94. The van der Waals surface area contributed by atoms with Gasteiger partial charge in [-0.1, -0.05) is 27.0 Å². The highest BCUT2D eigenvalue weighted by atomic mass is 28.4. The highest BCUT2D eigenvalue weighted by Gasteiger charge is 2.82. The molecule has 0 saturated heterocycles. The minimum absolute atomic E-state index is 0.127. The molecule has 0 spiro atoms. The van der Waals surface area contributed by atoms with E-state index in [0.717, 1.165) is 13.8 Å². The minimum Gasteiger partial charge on any atom is -0.456 e. The Hall–Kier alpha value is -2.56. The first-order chi connectivity index (χ1) is 19.9. The Labute approximate surface area is 244 Å². The van der Waals surface area contributed by atoms with Crippen LogP contribution >= 0.6 is 0 Å². The number of hydrogen-bond acceptors (Lipinski definition) is 6. The van der Waals surface area contributed by atoms with E-state index in [2.05, 4.69) is 31.5 Å². The maximum Gasteiger partial charge on any atom is 0.381 e. The van der Waals surface area contributed by atoms with E-state index in [1.54, 1.807) is 0 Å². The van der Waals surface area contributed by atoms with Crippen LogP contribution in [0.15, 0.2) is 25.3 Å². The van der Waals surface area contributed by atoms with E-state index in [1.165, 1.54) is 0 Å². The Morgan fingerprint density at radius 3 is 0.933 bits per heavy atom. The van der Waals surface area contributed by atoms with Crippen LogP contribution in [0.25, 0.3) is 0 Å². The molecule has 0 atom stereocenters. The zero-order valence-electron chi connectivity index (χ0n) is 22.8. The van der Waals surface area contributed by atoms with Crippen molar-refractivity contribution in [1.29, 1.82) is 0 Å². The molecule has 0 rings (SSSR count). The van der Waals surface area contributed by atoms with Crippen LogP contribution in [0.1, 0.15) is 13.8 Å². The maximum absolute atomic E-state index is 14.3. The van der Waals surface area contributed by atoms with Crippen molar-refractivity contribution in [1.82, 2.24) is 0 Å². The zero-order valence-corrected chi connectivity index (χ0v) is 23.8. The molecule has 45 heavy (non-hydrogen) atoms. The molecule has 0 radical (unpaired) electrons. The Morgan fingerprint density at radius 2 is 0.733 bits per heavy atom. The summed E-state index contributed by atoms with van der Waals surface area (Å²) in [5.41, 5.74) is 0. The average molecular weight is 716 g/mol. The monoisotopic (exact) mass is 716 g/mol. The number of carbonyl (C=O) groups excluding carboxylic acids is 2.